The Labute approximate surface area is 172 Å². The zero-order valence-corrected chi connectivity index (χ0v) is 17.9. The molecule has 0 bridgehead atoms. The number of ether oxygens (including phenoxy) is 1. The van der Waals surface area contributed by atoms with Crippen molar-refractivity contribution in [1.82, 2.24) is 19.6 Å². The lowest BCUT2D eigenvalue weighted by molar-refractivity contribution is 0.190. The number of hydrogen-bond acceptors (Lipinski definition) is 5. The minimum absolute atomic E-state index is 0.145. The molecule has 3 heterocycles. The maximum atomic E-state index is 5.24. The third-order valence-corrected chi connectivity index (χ3v) is 6.10. The van der Waals surface area contributed by atoms with Gasteiger partial charge in [0.1, 0.15) is 0 Å². The third-order valence-electron chi connectivity index (χ3n) is 6.10. The molecule has 29 heavy (non-hydrogen) atoms. The maximum Gasteiger partial charge on any atom is 0.241 e. The van der Waals surface area contributed by atoms with Gasteiger partial charge in [-0.3, -0.25) is 4.98 Å². The molecule has 1 aliphatic carbocycles. The highest BCUT2D eigenvalue weighted by Crippen LogP contribution is 2.39. The summed E-state index contributed by atoms with van der Waals surface area (Å²) in [4.78, 5) is 8.96. The third kappa shape index (κ3) is 4.13. The van der Waals surface area contributed by atoms with Crippen LogP contribution in [0.1, 0.15) is 56.7 Å². The van der Waals surface area contributed by atoms with Crippen molar-refractivity contribution in [3.05, 3.63) is 42.0 Å². The van der Waals surface area contributed by atoms with Crippen molar-refractivity contribution in [2.75, 3.05) is 19.0 Å². The molecule has 0 amide bonds. The Morgan fingerprint density at radius 2 is 2.00 bits per heavy atom. The smallest absolute Gasteiger partial charge is 0.241 e. The number of nitrogens with one attached hydrogen (secondary N) is 1. The lowest BCUT2D eigenvalue weighted by Crippen LogP contribution is -2.23. The molecule has 0 aliphatic heterocycles. The first kappa shape index (κ1) is 19.8. The second-order valence-electron chi connectivity index (χ2n) is 8.51. The largest absolute Gasteiger partial charge is 0.383 e. The SMILES string of the molecule is COC[C@H](C)Nc1ncc2c(-c3cnccc3C)cc(C3CCC(C)CC3)n2n1. The summed E-state index contributed by atoms with van der Waals surface area (Å²) in [5, 5.41) is 8.24. The van der Waals surface area contributed by atoms with Crippen LogP contribution in [-0.4, -0.2) is 39.3 Å². The predicted octanol–water partition coefficient (Wildman–Crippen LogP) is 4.84. The topological polar surface area (TPSA) is 64.3 Å². The molecule has 1 aliphatic rings. The molecule has 4 rings (SSSR count). The van der Waals surface area contributed by atoms with Crippen LogP contribution in [0.15, 0.2) is 30.7 Å². The normalized spacial score (nSPS) is 20.7. The molecule has 6 nitrogen and oxygen atoms in total. The summed E-state index contributed by atoms with van der Waals surface area (Å²) in [7, 11) is 1.71. The molecule has 0 aromatic carbocycles. The van der Waals surface area contributed by atoms with Gasteiger partial charge in [-0.2, -0.15) is 0 Å². The first-order valence-corrected chi connectivity index (χ1v) is 10.6. The molecule has 1 N–H and O–H groups in total. The van der Waals surface area contributed by atoms with Crippen LogP contribution < -0.4 is 5.32 Å². The fourth-order valence-electron chi connectivity index (χ4n) is 4.40. The van der Waals surface area contributed by atoms with Gasteiger partial charge in [-0.25, -0.2) is 9.50 Å². The van der Waals surface area contributed by atoms with E-state index >= 15 is 0 Å². The summed E-state index contributed by atoms with van der Waals surface area (Å²) in [5.74, 6) is 1.99. The van der Waals surface area contributed by atoms with E-state index in [9.17, 15) is 0 Å². The van der Waals surface area contributed by atoms with Gasteiger partial charge in [0.05, 0.1) is 18.3 Å². The van der Waals surface area contributed by atoms with Gasteiger partial charge in [-0.1, -0.05) is 19.8 Å². The van der Waals surface area contributed by atoms with Crippen LogP contribution in [0.25, 0.3) is 16.6 Å². The lowest BCUT2D eigenvalue weighted by atomic mass is 9.81. The predicted molar refractivity (Wildman–Crippen MR) is 116 cm³/mol. The molecule has 0 radical (unpaired) electrons. The average Bonchev–Trinajstić information content (AvgIpc) is 3.08. The molecule has 3 aromatic heterocycles. The van der Waals surface area contributed by atoms with E-state index in [1.54, 1.807) is 7.11 Å². The van der Waals surface area contributed by atoms with Crippen molar-refractivity contribution in [1.29, 1.82) is 0 Å². The highest BCUT2D eigenvalue weighted by Gasteiger charge is 2.25. The Morgan fingerprint density at radius 3 is 2.72 bits per heavy atom. The highest BCUT2D eigenvalue weighted by molar-refractivity contribution is 5.82. The minimum atomic E-state index is 0.145. The maximum absolute atomic E-state index is 5.24. The zero-order chi connectivity index (χ0) is 20.4. The Balaban J connectivity index is 1.79. The molecule has 0 spiro atoms. The average molecular weight is 394 g/mol. The van der Waals surface area contributed by atoms with E-state index in [0.29, 0.717) is 18.5 Å². The number of aryl methyl sites for hydroxylation is 1. The molecular formula is C23H31N5O. The second kappa shape index (κ2) is 8.49. The van der Waals surface area contributed by atoms with E-state index in [1.807, 2.05) is 18.6 Å². The molecular weight excluding hydrogens is 362 g/mol. The van der Waals surface area contributed by atoms with Crippen LogP contribution in [-0.2, 0) is 4.74 Å². The van der Waals surface area contributed by atoms with Crippen LogP contribution >= 0.6 is 0 Å². The standard InChI is InChI=1S/C23H31N5O/c1-15-5-7-18(8-6-15)21-11-19(20-12-24-10-9-16(20)2)22-13-25-23(27-28(21)22)26-17(3)14-29-4/h9-13,15,17-18H,5-8,14H2,1-4H3,(H,26,27)/t15?,17-,18?/m0/s1. The summed E-state index contributed by atoms with van der Waals surface area (Å²) in [6.07, 6.45) is 10.7. The Kier molecular flexibility index (Phi) is 5.81. The van der Waals surface area contributed by atoms with Crippen molar-refractivity contribution in [3.63, 3.8) is 0 Å². The van der Waals surface area contributed by atoms with Gasteiger partial charge in [0.25, 0.3) is 0 Å². The summed E-state index contributed by atoms with van der Waals surface area (Å²) < 4.78 is 7.34. The number of fused-ring (bicyclic) bond motifs is 1. The first-order chi connectivity index (χ1) is 14.1. The van der Waals surface area contributed by atoms with Crippen molar-refractivity contribution < 1.29 is 4.74 Å². The van der Waals surface area contributed by atoms with Crippen molar-refractivity contribution in [2.45, 2.75) is 58.4 Å². The van der Waals surface area contributed by atoms with Gasteiger partial charge in [0.15, 0.2) is 0 Å². The number of anilines is 1. The number of aromatic nitrogens is 4. The Bertz CT molecular complexity index is 975. The Morgan fingerprint density at radius 1 is 1.21 bits per heavy atom. The summed E-state index contributed by atoms with van der Waals surface area (Å²) in [6, 6.07) is 4.52. The van der Waals surface area contributed by atoms with Gasteiger partial charge >= 0.3 is 0 Å². The van der Waals surface area contributed by atoms with Crippen molar-refractivity contribution in [3.8, 4) is 11.1 Å². The summed E-state index contributed by atoms with van der Waals surface area (Å²) in [5.41, 5.74) is 5.86. The molecule has 1 atom stereocenters. The van der Waals surface area contributed by atoms with E-state index in [-0.39, 0.29) is 6.04 Å². The van der Waals surface area contributed by atoms with E-state index < -0.39 is 0 Å². The number of methoxy groups -OCH3 is 1. The molecule has 0 unspecified atom stereocenters. The van der Waals surface area contributed by atoms with E-state index in [4.69, 9.17) is 9.84 Å². The van der Waals surface area contributed by atoms with Gasteiger partial charge in [0, 0.05) is 48.3 Å². The Hall–Kier alpha value is -2.47. The van der Waals surface area contributed by atoms with Gasteiger partial charge in [0.2, 0.25) is 5.95 Å². The summed E-state index contributed by atoms with van der Waals surface area (Å²) >= 11 is 0. The molecule has 3 aromatic rings. The molecule has 154 valence electrons. The van der Waals surface area contributed by atoms with Gasteiger partial charge in [-0.05, 0) is 50.3 Å². The monoisotopic (exact) mass is 393 g/mol. The van der Waals surface area contributed by atoms with Crippen molar-refractivity contribution in [2.24, 2.45) is 5.92 Å². The number of pyridine rings is 1. The van der Waals surface area contributed by atoms with Crippen LogP contribution in [0.5, 0.6) is 0 Å². The van der Waals surface area contributed by atoms with Crippen LogP contribution in [0, 0.1) is 12.8 Å². The van der Waals surface area contributed by atoms with Gasteiger partial charge < -0.3 is 10.1 Å². The fraction of sp³-hybridized carbons (Fsp3) is 0.522. The molecule has 6 heteroatoms. The highest BCUT2D eigenvalue weighted by atomic mass is 16.5. The number of rotatable bonds is 6. The second-order valence-corrected chi connectivity index (χ2v) is 8.51. The summed E-state index contributed by atoms with van der Waals surface area (Å²) in [6.45, 7) is 7.17. The van der Waals surface area contributed by atoms with Crippen LogP contribution in [0.4, 0.5) is 5.95 Å². The fourth-order valence-corrected chi connectivity index (χ4v) is 4.40. The van der Waals surface area contributed by atoms with Crippen LogP contribution in [0.2, 0.25) is 0 Å². The molecule has 0 saturated heterocycles. The van der Waals surface area contributed by atoms with Crippen LogP contribution in [0.3, 0.4) is 0 Å². The van der Waals surface area contributed by atoms with Gasteiger partial charge in [-0.15, -0.1) is 5.10 Å². The van der Waals surface area contributed by atoms with Crippen molar-refractivity contribution >= 4 is 11.5 Å². The van der Waals surface area contributed by atoms with E-state index in [2.05, 4.69) is 52.7 Å². The molecule has 1 saturated carbocycles. The molecule has 1 fully saturated rings. The quantitative estimate of drug-likeness (QED) is 0.649. The lowest BCUT2D eigenvalue weighted by Gasteiger charge is -2.25. The minimum Gasteiger partial charge on any atom is -0.383 e. The van der Waals surface area contributed by atoms with E-state index in [1.165, 1.54) is 42.5 Å². The number of nitrogens with zero attached hydrogens (tertiary/aromatic N) is 4. The zero-order valence-electron chi connectivity index (χ0n) is 17.9. The number of hydrogen-bond donors (Lipinski definition) is 1. The first-order valence-electron chi connectivity index (χ1n) is 10.6. The van der Waals surface area contributed by atoms with E-state index in [0.717, 1.165) is 17.0 Å².